The summed E-state index contributed by atoms with van der Waals surface area (Å²) in [6, 6.07) is 3.64. The van der Waals surface area contributed by atoms with Crippen LogP contribution in [-0.4, -0.2) is 48.6 Å². The molecule has 19 heavy (non-hydrogen) atoms. The van der Waals surface area contributed by atoms with Crippen molar-refractivity contribution in [3.63, 3.8) is 0 Å². The third-order valence-corrected chi connectivity index (χ3v) is 3.35. The van der Waals surface area contributed by atoms with Gasteiger partial charge in [-0.25, -0.2) is 0 Å². The van der Waals surface area contributed by atoms with Gasteiger partial charge in [-0.05, 0) is 31.9 Å². The van der Waals surface area contributed by atoms with E-state index in [1.165, 1.54) is 4.90 Å². The molecule has 1 aromatic heterocycles. The Hall–Kier alpha value is -1.62. The van der Waals surface area contributed by atoms with E-state index < -0.39 is 0 Å². The van der Waals surface area contributed by atoms with Gasteiger partial charge in [-0.1, -0.05) is 0 Å². The van der Waals surface area contributed by atoms with Gasteiger partial charge >= 0.3 is 0 Å². The SMILES string of the molecule is CN(C)C(=O)c1cc(NCC2(C)CCCO2)ccn1. The molecule has 1 unspecified atom stereocenters. The molecule has 0 aliphatic carbocycles. The highest BCUT2D eigenvalue weighted by atomic mass is 16.5. The minimum atomic E-state index is -0.102. The number of aromatic nitrogens is 1. The number of rotatable bonds is 4. The molecule has 1 aliphatic heterocycles. The first-order chi connectivity index (χ1) is 9.00. The molecule has 1 amide bonds. The van der Waals surface area contributed by atoms with Crippen LogP contribution in [0.2, 0.25) is 0 Å². The number of amides is 1. The molecule has 0 radical (unpaired) electrons. The fourth-order valence-electron chi connectivity index (χ4n) is 2.15. The largest absolute Gasteiger partial charge is 0.382 e. The van der Waals surface area contributed by atoms with Gasteiger partial charge in [0, 0.05) is 39.1 Å². The fraction of sp³-hybridized carbons (Fsp3) is 0.571. The second-order valence-corrected chi connectivity index (χ2v) is 5.38. The van der Waals surface area contributed by atoms with Crippen LogP contribution in [0.25, 0.3) is 0 Å². The summed E-state index contributed by atoms with van der Waals surface area (Å²) in [7, 11) is 3.44. The molecule has 2 heterocycles. The number of hydrogen-bond acceptors (Lipinski definition) is 4. The van der Waals surface area contributed by atoms with Crippen molar-refractivity contribution in [3.8, 4) is 0 Å². The molecule has 1 atom stereocenters. The van der Waals surface area contributed by atoms with E-state index in [0.29, 0.717) is 5.69 Å². The second-order valence-electron chi connectivity index (χ2n) is 5.38. The quantitative estimate of drug-likeness (QED) is 0.899. The number of ether oxygens (including phenoxy) is 1. The predicted molar refractivity (Wildman–Crippen MR) is 74.3 cm³/mol. The van der Waals surface area contributed by atoms with Crippen molar-refractivity contribution in [1.29, 1.82) is 0 Å². The van der Waals surface area contributed by atoms with Crippen LogP contribution in [-0.2, 0) is 4.74 Å². The molecule has 5 nitrogen and oxygen atoms in total. The number of nitrogens with zero attached hydrogens (tertiary/aromatic N) is 2. The summed E-state index contributed by atoms with van der Waals surface area (Å²) in [4.78, 5) is 17.4. The van der Waals surface area contributed by atoms with E-state index in [1.54, 1.807) is 26.4 Å². The molecule has 5 heteroatoms. The van der Waals surface area contributed by atoms with Gasteiger partial charge in [0.2, 0.25) is 0 Å². The zero-order chi connectivity index (χ0) is 13.9. The number of pyridine rings is 1. The second kappa shape index (κ2) is 5.57. The minimum Gasteiger partial charge on any atom is -0.382 e. The first-order valence-corrected chi connectivity index (χ1v) is 6.56. The van der Waals surface area contributed by atoms with Crippen LogP contribution in [0, 0.1) is 0 Å². The third-order valence-electron chi connectivity index (χ3n) is 3.35. The van der Waals surface area contributed by atoms with Gasteiger partial charge in [0.15, 0.2) is 0 Å². The molecule has 1 aliphatic rings. The van der Waals surface area contributed by atoms with Gasteiger partial charge < -0.3 is 15.0 Å². The molecule has 104 valence electrons. The summed E-state index contributed by atoms with van der Waals surface area (Å²) in [6.07, 6.45) is 3.82. The van der Waals surface area contributed by atoms with Crippen molar-refractivity contribution in [3.05, 3.63) is 24.0 Å². The first-order valence-electron chi connectivity index (χ1n) is 6.56. The Balaban J connectivity index is 2.01. The Morgan fingerprint density at radius 2 is 2.37 bits per heavy atom. The van der Waals surface area contributed by atoms with E-state index in [1.807, 2.05) is 6.07 Å². The minimum absolute atomic E-state index is 0.0908. The third kappa shape index (κ3) is 3.44. The Labute approximate surface area is 114 Å². The summed E-state index contributed by atoms with van der Waals surface area (Å²) in [5, 5.41) is 3.33. The number of hydrogen-bond donors (Lipinski definition) is 1. The molecule has 1 fully saturated rings. The molecular formula is C14H21N3O2. The van der Waals surface area contributed by atoms with Gasteiger partial charge in [-0.2, -0.15) is 0 Å². The van der Waals surface area contributed by atoms with E-state index >= 15 is 0 Å². The normalized spacial score (nSPS) is 22.3. The van der Waals surface area contributed by atoms with Crippen LogP contribution in [0.3, 0.4) is 0 Å². The Kier molecular flexibility index (Phi) is 4.04. The lowest BCUT2D eigenvalue weighted by molar-refractivity contribution is 0.0315. The molecule has 0 bridgehead atoms. The van der Waals surface area contributed by atoms with Crippen molar-refractivity contribution >= 4 is 11.6 Å². The summed E-state index contributed by atoms with van der Waals surface area (Å²) in [6.45, 7) is 3.69. The topological polar surface area (TPSA) is 54.5 Å². The van der Waals surface area contributed by atoms with Gasteiger partial charge in [0.25, 0.3) is 5.91 Å². The van der Waals surface area contributed by atoms with Crippen LogP contribution in [0.1, 0.15) is 30.3 Å². The van der Waals surface area contributed by atoms with Gasteiger partial charge in [-0.3, -0.25) is 9.78 Å². The maximum Gasteiger partial charge on any atom is 0.272 e. The van der Waals surface area contributed by atoms with E-state index in [9.17, 15) is 4.79 Å². The van der Waals surface area contributed by atoms with Crippen LogP contribution < -0.4 is 5.32 Å². The van der Waals surface area contributed by atoms with Crippen molar-refractivity contribution in [2.24, 2.45) is 0 Å². The smallest absolute Gasteiger partial charge is 0.272 e. The zero-order valence-corrected chi connectivity index (χ0v) is 11.8. The maximum atomic E-state index is 11.8. The number of carbonyl (C=O) groups excluding carboxylic acids is 1. The van der Waals surface area contributed by atoms with Crippen LogP contribution >= 0.6 is 0 Å². The van der Waals surface area contributed by atoms with Crippen molar-refractivity contribution < 1.29 is 9.53 Å². The molecule has 1 N–H and O–H groups in total. The lowest BCUT2D eigenvalue weighted by atomic mass is 10.0. The number of carbonyl (C=O) groups is 1. The average molecular weight is 263 g/mol. The molecule has 0 spiro atoms. The van der Waals surface area contributed by atoms with Gasteiger partial charge in [-0.15, -0.1) is 0 Å². The summed E-state index contributed by atoms with van der Waals surface area (Å²) >= 11 is 0. The summed E-state index contributed by atoms with van der Waals surface area (Å²) in [5.41, 5.74) is 1.25. The van der Waals surface area contributed by atoms with Crippen molar-refractivity contribution in [1.82, 2.24) is 9.88 Å². The highest BCUT2D eigenvalue weighted by molar-refractivity contribution is 5.92. The van der Waals surface area contributed by atoms with Crippen molar-refractivity contribution in [2.45, 2.75) is 25.4 Å². The first kappa shape index (κ1) is 13.8. The van der Waals surface area contributed by atoms with E-state index in [4.69, 9.17) is 4.74 Å². The zero-order valence-electron chi connectivity index (χ0n) is 11.8. The fourth-order valence-corrected chi connectivity index (χ4v) is 2.15. The van der Waals surface area contributed by atoms with Crippen LogP contribution in [0.5, 0.6) is 0 Å². The lowest BCUT2D eigenvalue weighted by Gasteiger charge is -2.24. The monoisotopic (exact) mass is 263 g/mol. The number of anilines is 1. The highest BCUT2D eigenvalue weighted by Crippen LogP contribution is 2.25. The van der Waals surface area contributed by atoms with E-state index in [2.05, 4.69) is 17.2 Å². The average Bonchev–Trinajstić information content (AvgIpc) is 2.83. The highest BCUT2D eigenvalue weighted by Gasteiger charge is 2.29. The summed E-state index contributed by atoms with van der Waals surface area (Å²) in [5.74, 6) is -0.0908. The van der Waals surface area contributed by atoms with Gasteiger partial charge in [0.05, 0.1) is 5.60 Å². The molecule has 0 saturated carbocycles. The Morgan fingerprint density at radius 3 is 3.00 bits per heavy atom. The molecule has 1 aromatic rings. The van der Waals surface area contributed by atoms with E-state index in [-0.39, 0.29) is 11.5 Å². The van der Waals surface area contributed by atoms with Crippen molar-refractivity contribution in [2.75, 3.05) is 32.6 Å². The van der Waals surface area contributed by atoms with E-state index in [0.717, 1.165) is 31.7 Å². The maximum absolute atomic E-state index is 11.8. The molecular weight excluding hydrogens is 242 g/mol. The molecule has 1 saturated heterocycles. The Bertz CT molecular complexity index is 454. The standard InChI is InChI=1S/C14H21N3O2/c1-14(6-4-8-19-14)10-16-11-5-7-15-12(9-11)13(18)17(2)3/h5,7,9H,4,6,8,10H2,1-3H3,(H,15,16). The molecule has 2 rings (SSSR count). The predicted octanol–water partition coefficient (Wildman–Crippen LogP) is 1.76. The summed E-state index contributed by atoms with van der Waals surface area (Å²) < 4.78 is 5.72. The van der Waals surface area contributed by atoms with Crippen LogP contribution in [0.4, 0.5) is 5.69 Å². The lowest BCUT2D eigenvalue weighted by Crippen LogP contribution is -2.32. The molecule has 0 aromatic carbocycles. The van der Waals surface area contributed by atoms with Gasteiger partial charge in [0.1, 0.15) is 5.69 Å². The van der Waals surface area contributed by atoms with Crippen LogP contribution in [0.15, 0.2) is 18.3 Å². The Morgan fingerprint density at radius 1 is 1.58 bits per heavy atom. The number of nitrogens with one attached hydrogen (secondary N) is 1.